The molecule has 0 aliphatic heterocycles. The minimum Gasteiger partial charge on any atom is -0.304 e. The molecule has 16 heavy (non-hydrogen) atoms. The summed E-state index contributed by atoms with van der Waals surface area (Å²) in [4.78, 5) is 22.1. The lowest BCUT2D eigenvalue weighted by molar-refractivity contribution is -0.123. The van der Waals surface area contributed by atoms with Crippen LogP contribution in [0.15, 0.2) is 23.8 Å². The molecule has 3 heteroatoms. The van der Waals surface area contributed by atoms with E-state index in [1.807, 2.05) is 12.2 Å². The van der Waals surface area contributed by atoms with Crippen LogP contribution in [-0.2, 0) is 9.59 Å². The first-order chi connectivity index (χ1) is 7.65. The van der Waals surface area contributed by atoms with Gasteiger partial charge in [-0.25, -0.2) is 0 Å². The fraction of sp³-hybridized carbons (Fsp3) is 0.462. The van der Waals surface area contributed by atoms with Crippen molar-refractivity contribution in [2.75, 3.05) is 0 Å². The van der Waals surface area contributed by atoms with Crippen LogP contribution in [0.5, 0.6) is 0 Å². The van der Waals surface area contributed by atoms with Crippen LogP contribution in [-0.4, -0.2) is 17.8 Å². The Morgan fingerprint density at radius 1 is 1.62 bits per heavy atom. The van der Waals surface area contributed by atoms with Gasteiger partial charge < -0.3 is 10.2 Å². The number of Topliss-reactive ketones (excluding diaryl/α,β-unsaturated/α-hetero) is 1. The van der Waals surface area contributed by atoms with Gasteiger partial charge in [0.2, 0.25) is 0 Å². The highest BCUT2D eigenvalue weighted by molar-refractivity contribution is 6.20. The standard InChI is InChI=1S/C13H15NO2/c1-8(16)12(7-15)13(14)10-5-3-2-4-9-6-11(9)10/h2-3,5,7,9,11-12,14H,4,6H2,1H3. The molecule has 0 saturated heterocycles. The van der Waals surface area contributed by atoms with Crippen molar-refractivity contribution in [3.05, 3.63) is 23.8 Å². The van der Waals surface area contributed by atoms with Crippen LogP contribution in [0.25, 0.3) is 0 Å². The van der Waals surface area contributed by atoms with E-state index in [0.29, 0.717) is 18.1 Å². The molecule has 0 radical (unpaired) electrons. The van der Waals surface area contributed by atoms with Crippen LogP contribution in [0.3, 0.4) is 0 Å². The van der Waals surface area contributed by atoms with Gasteiger partial charge >= 0.3 is 0 Å². The van der Waals surface area contributed by atoms with Gasteiger partial charge in [-0.3, -0.25) is 4.79 Å². The van der Waals surface area contributed by atoms with Gasteiger partial charge in [-0.2, -0.15) is 0 Å². The number of allylic oxidation sites excluding steroid dienone is 4. The van der Waals surface area contributed by atoms with Crippen molar-refractivity contribution in [1.82, 2.24) is 0 Å². The Labute approximate surface area is 94.7 Å². The molecule has 1 fully saturated rings. The van der Waals surface area contributed by atoms with Crippen molar-refractivity contribution in [2.24, 2.45) is 17.8 Å². The lowest BCUT2D eigenvalue weighted by Crippen LogP contribution is -2.25. The first kappa shape index (κ1) is 11.0. The maximum Gasteiger partial charge on any atom is 0.145 e. The molecule has 1 saturated carbocycles. The number of nitrogens with one attached hydrogen (secondary N) is 1. The molecule has 3 unspecified atom stereocenters. The van der Waals surface area contributed by atoms with E-state index in [0.717, 1.165) is 18.4 Å². The molecular weight excluding hydrogens is 202 g/mol. The summed E-state index contributed by atoms with van der Waals surface area (Å²) in [6.45, 7) is 1.37. The number of ketones is 1. The monoisotopic (exact) mass is 217 g/mol. The van der Waals surface area contributed by atoms with Gasteiger partial charge in [0.15, 0.2) is 0 Å². The molecule has 1 N–H and O–H groups in total. The topological polar surface area (TPSA) is 58.0 Å². The van der Waals surface area contributed by atoms with E-state index in [-0.39, 0.29) is 11.5 Å². The Morgan fingerprint density at radius 2 is 2.38 bits per heavy atom. The molecule has 84 valence electrons. The highest BCUT2D eigenvalue weighted by Crippen LogP contribution is 2.48. The Balaban J connectivity index is 2.20. The summed E-state index contributed by atoms with van der Waals surface area (Å²) in [6.07, 6.45) is 8.62. The molecule has 0 spiro atoms. The van der Waals surface area contributed by atoms with Crippen LogP contribution >= 0.6 is 0 Å². The number of carbonyl (C=O) groups is 2. The quantitative estimate of drug-likeness (QED) is 0.444. The van der Waals surface area contributed by atoms with Gasteiger partial charge in [0, 0.05) is 0 Å². The van der Waals surface area contributed by atoms with Crippen LogP contribution in [0.1, 0.15) is 19.8 Å². The largest absolute Gasteiger partial charge is 0.304 e. The summed E-state index contributed by atoms with van der Waals surface area (Å²) < 4.78 is 0. The van der Waals surface area contributed by atoms with Crippen molar-refractivity contribution < 1.29 is 9.59 Å². The molecular formula is C13H15NO2. The Kier molecular flexibility index (Phi) is 2.86. The van der Waals surface area contributed by atoms with Crippen molar-refractivity contribution >= 4 is 17.8 Å². The second kappa shape index (κ2) is 4.16. The molecule has 0 aromatic rings. The first-order valence-corrected chi connectivity index (χ1v) is 5.56. The number of hydrogen-bond donors (Lipinski definition) is 1. The van der Waals surface area contributed by atoms with E-state index in [9.17, 15) is 9.59 Å². The molecule has 2 rings (SSSR count). The van der Waals surface area contributed by atoms with E-state index >= 15 is 0 Å². The fourth-order valence-corrected chi connectivity index (χ4v) is 2.27. The molecule has 0 aromatic heterocycles. The van der Waals surface area contributed by atoms with E-state index in [1.54, 1.807) is 0 Å². The third-order valence-electron chi connectivity index (χ3n) is 3.37. The number of fused-ring (bicyclic) bond motifs is 1. The zero-order valence-electron chi connectivity index (χ0n) is 9.27. The van der Waals surface area contributed by atoms with Gasteiger partial charge in [0.25, 0.3) is 0 Å². The van der Waals surface area contributed by atoms with Crippen molar-refractivity contribution in [1.29, 1.82) is 5.41 Å². The van der Waals surface area contributed by atoms with Crippen LogP contribution in [0, 0.1) is 23.2 Å². The Bertz CT molecular complexity index is 406. The third kappa shape index (κ3) is 1.90. The average Bonchev–Trinajstić information content (AvgIpc) is 2.95. The summed E-state index contributed by atoms with van der Waals surface area (Å²) in [5, 5.41) is 7.97. The van der Waals surface area contributed by atoms with Crippen LogP contribution < -0.4 is 0 Å². The van der Waals surface area contributed by atoms with Gasteiger partial charge in [0.1, 0.15) is 18.0 Å². The number of rotatable bonds is 4. The van der Waals surface area contributed by atoms with E-state index < -0.39 is 5.92 Å². The zero-order chi connectivity index (χ0) is 11.7. The second-order valence-corrected chi connectivity index (χ2v) is 4.53. The summed E-state index contributed by atoms with van der Waals surface area (Å²) in [7, 11) is 0. The minimum atomic E-state index is -0.876. The Morgan fingerprint density at radius 3 is 3.00 bits per heavy atom. The maximum absolute atomic E-state index is 11.2. The normalized spacial score (nSPS) is 28.4. The van der Waals surface area contributed by atoms with Gasteiger partial charge in [-0.05, 0) is 37.2 Å². The van der Waals surface area contributed by atoms with E-state index in [2.05, 4.69) is 6.08 Å². The summed E-state index contributed by atoms with van der Waals surface area (Å²) in [6, 6.07) is 0. The highest BCUT2D eigenvalue weighted by atomic mass is 16.1. The predicted octanol–water partition coefficient (Wildman–Crippen LogP) is 1.93. The SMILES string of the molecule is CC(=O)C(C=O)C(=N)C1=CC=CCC2CC12. The molecule has 3 atom stereocenters. The smallest absolute Gasteiger partial charge is 0.145 e. The lowest BCUT2D eigenvalue weighted by Gasteiger charge is -2.11. The minimum absolute atomic E-state index is 0.196. The maximum atomic E-state index is 11.2. The third-order valence-corrected chi connectivity index (χ3v) is 3.37. The molecule has 0 heterocycles. The van der Waals surface area contributed by atoms with Crippen molar-refractivity contribution in [3.63, 3.8) is 0 Å². The molecule has 2 aliphatic rings. The molecule has 0 bridgehead atoms. The zero-order valence-corrected chi connectivity index (χ0v) is 9.27. The van der Waals surface area contributed by atoms with Crippen molar-refractivity contribution in [3.8, 4) is 0 Å². The van der Waals surface area contributed by atoms with Gasteiger partial charge in [-0.1, -0.05) is 18.2 Å². The summed E-state index contributed by atoms with van der Waals surface area (Å²) in [5.74, 6) is -0.112. The van der Waals surface area contributed by atoms with Gasteiger partial charge in [0.05, 0.1) is 5.71 Å². The van der Waals surface area contributed by atoms with Gasteiger partial charge in [-0.15, -0.1) is 0 Å². The number of aldehydes is 1. The van der Waals surface area contributed by atoms with E-state index in [4.69, 9.17) is 5.41 Å². The molecule has 0 amide bonds. The molecule has 3 nitrogen and oxygen atoms in total. The molecule has 0 aromatic carbocycles. The Hall–Kier alpha value is -1.51. The van der Waals surface area contributed by atoms with E-state index in [1.165, 1.54) is 6.92 Å². The molecule has 2 aliphatic carbocycles. The first-order valence-electron chi connectivity index (χ1n) is 5.56. The summed E-state index contributed by atoms with van der Waals surface area (Å²) >= 11 is 0. The lowest BCUT2D eigenvalue weighted by atomic mass is 9.91. The summed E-state index contributed by atoms with van der Waals surface area (Å²) in [5.41, 5.74) is 1.08. The van der Waals surface area contributed by atoms with Crippen molar-refractivity contribution in [2.45, 2.75) is 19.8 Å². The number of carbonyl (C=O) groups excluding carboxylic acids is 2. The predicted molar refractivity (Wildman–Crippen MR) is 61.4 cm³/mol. The number of hydrogen-bond acceptors (Lipinski definition) is 3. The average molecular weight is 217 g/mol. The highest BCUT2D eigenvalue weighted by Gasteiger charge is 2.42. The van der Waals surface area contributed by atoms with Crippen LogP contribution in [0.2, 0.25) is 0 Å². The second-order valence-electron chi connectivity index (χ2n) is 4.53. The fourth-order valence-electron chi connectivity index (χ4n) is 2.27. The van der Waals surface area contributed by atoms with Crippen LogP contribution in [0.4, 0.5) is 0 Å².